The minimum absolute atomic E-state index is 0.0218. The van der Waals surface area contributed by atoms with E-state index in [0.717, 1.165) is 27.8 Å². The third-order valence-corrected chi connectivity index (χ3v) is 4.33. The quantitative estimate of drug-likeness (QED) is 0.811. The summed E-state index contributed by atoms with van der Waals surface area (Å²) in [5.41, 5.74) is 3.24. The number of aryl methyl sites for hydroxylation is 1. The Morgan fingerprint density at radius 2 is 2.04 bits per heavy atom. The van der Waals surface area contributed by atoms with E-state index >= 15 is 0 Å². The number of hydrogen-bond donors (Lipinski definition) is 1. The van der Waals surface area contributed by atoms with Crippen LogP contribution in [-0.4, -0.2) is 12.5 Å². The number of amides is 1. The number of hydrogen-bond acceptors (Lipinski definition) is 2. The number of ether oxygens (including phenoxy) is 1. The fourth-order valence-corrected chi connectivity index (χ4v) is 2.96. The molecule has 3 rings (SSSR count). The molecule has 2 aromatic carbocycles. The van der Waals surface area contributed by atoms with Gasteiger partial charge in [0.25, 0.3) is 0 Å². The minimum Gasteiger partial charge on any atom is -0.493 e. The summed E-state index contributed by atoms with van der Waals surface area (Å²) in [6.07, 6.45) is 4.18. The lowest BCUT2D eigenvalue weighted by atomic mass is 10.0. The van der Waals surface area contributed by atoms with Gasteiger partial charge in [0.15, 0.2) is 0 Å². The molecule has 2 aromatic rings. The van der Waals surface area contributed by atoms with Crippen LogP contribution in [-0.2, 0) is 4.79 Å². The van der Waals surface area contributed by atoms with Gasteiger partial charge in [0.05, 0.1) is 12.6 Å². The van der Waals surface area contributed by atoms with Gasteiger partial charge >= 0.3 is 0 Å². The molecule has 0 spiro atoms. The predicted molar refractivity (Wildman–Crippen MR) is 95.4 cm³/mol. The molecule has 0 saturated carbocycles. The van der Waals surface area contributed by atoms with Gasteiger partial charge in [-0.05, 0) is 36.8 Å². The van der Waals surface area contributed by atoms with Crippen molar-refractivity contribution in [2.24, 2.45) is 0 Å². The van der Waals surface area contributed by atoms with Gasteiger partial charge in [-0.1, -0.05) is 45.8 Å². The lowest BCUT2D eigenvalue weighted by molar-refractivity contribution is -0.117. The van der Waals surface area contributed by atoms with Crippen LogP contribution < -0.4 is 10.1 Å². The highest BCUT2D eigenvalue weighted by Gasteiger charge is 2.22. The molecule has 0 bridgehead atoms. The van der Waals surface area contributed by atoms with Crippen molar-refractivity contribution in [1.82, 2.24) is 5.32 Å². The van der Waals surface area contributed by atoms with E-state index in [9.17, 15) is 4.79 Å². The fourth-order valence-electron chi connectivity index (χ4n) is 2.58. The summed E-state index contributed by atoms with van der Waals surface area (Å²) in [5.74, 6) is 0.746. The number of carbonyl (C=O) groups is 1. The highest BCUT2D eigenvalue weighted by atomic mass is 79.9. The van der Waals surface area contributed by atoms with Gasteiger partial charge in [0.1, 0.15) is 5.75 Å². The predicted octanol–water partition coefficient (Wildman–Crippen LogP) is 4.41. The zero-order valence-electron chi connectivity index (χ0n) is 12.9. The Labute approximate surface area is 144 Å². The average molecular weight is 372 g/mol. The van der Waals surface area contributed by atoms with Crippen LogP contribution >= 0.6 is 15.9 Å². The molecule has 1 unspecified atom stereocenters. The van der Waals surface area contributed by atoms with E-state index in [1.807, 2.05) is 55.5 Å². The van der Waals surface area contributed by atoms with Gasteiger partial charge < -0.3 is 10.1 Å². The van der Waals surface area contributed by atoms with Gasteiger partial charge in [-0.25, -0.2) is 0 Å². The number of fused-ring (bicyclic) bond motifs is 1. The maximum absolute atomic E-state index is 12.2. The molecule has 0 fully saturated rings. The summed E-state index contributed by atoms with van der Waals surface area (Å²) in [4.78, 5) is 12.2. The van der Waals surface area contributed by atoms with Crippen molar-refractivity contribution in [2.45, 2.75) is 19.4 Å². The molecule has 1 aliphatic rings. The molecule has 0 aromatic heterocycles. The molecule has 0 radical (unpaired) electrons. The summed E-state index contributed by atoms with van der Waals surface area (Å²) in [6.45, 7) is 2.65. The monoisotopic (exact) mass is 371 g/mol. The minimum atomic E-state index is -0.0941. The van der Waals surface area contributed by atoms with Crippen LogP contribution in [0.1, 0.15) is 29.2 Å². The third kappa shape index (κ3) is 4.02. The van der Waals surface area contributed by atoms with E-state index < -0.39 is 0 Å². The van der Waals surface area contributed by atoms with Crippen molar-refractivity contribution < 1.29 is 9.53 Å². The Balaban J connectivity index is 1.69. The second kappa shape index (κ2) is 7.01. The van der Waals surface area contributed by atoms with Crippen LogP contribution in [0.25, 0.3) is 6.08 Å². The van der Waals surface area contributed by atoms with Gasteiger partial charge in [-0.15, -0.1) is 0 Å². The molecule has 1 atom stereocenters. The molecule has 0 aliphatic carbocycles. The first-order valence-electron chi connectivity index (χ1n) is 7.59. The van der Waals surface area contributed by atoms with Crippen molar-refractivity contribution in [1.29, 1.82) is 0 Å². The Bertz CT molecular complexity index is 738. The number of nitrogens with one attached hydrogen (secondary N) is 1. The summed E-state index contributed by atoms with van der Waals surface area (Å²) in [5, 5.41) is 3.06. The Kier molecular flexibility index (Phi) is 4.82. The molecular formula is C19H18BrNO2. The Hall–Kier alpha value is -2.07. The topological polar surface area (TPSA) is 38.3 Å². The van der Waals surface area contributed by atoms with Gasteiger partial charge in [-0.2, -0.15) is 0 Å². The molecule has 1 heterocycles. The zero-order valence-corrected chi connectivity index (χ0v) is 14.5. The van der Waals surface area contributed by atoms with Gasteiger partial charge in [0, 0.05) is 22.5 Å². The number of benzene rings is 2. The van der Waals surface area contributed by atoms with E-state index in [4.69, 9.17) is 4.74 Å². The maximum Gasteiger partial charge on any atom is 0.244 e. The van der Waals surface area contributed by atoms with Crippen LogP contribution in [0, 0.1) is 6.92 Å². The Morgan fingerprint density at radius 3 is 2.83 bits per heavy atom. The first-order chi connectivity index (χ1) is 11.1. The van der Waals surface area contributed by atoms with Crippen LogP contribution in [0.4, 0.5) is 0 Å². The van der Waals surface area contributed by atoms with Gasteiger partial charge in [-0.3, -0.25) is 4.79 Å². The normalized spacial score (nSPS) is 16.7. The molecule has 0 saturated heterocycles. The average Bonchev–Trinajstić information content (AvgIpc) is 2.55. The number of rotatable bonds is 3. The highest BCUT2D eigenvalue weighted by molar-refractivity contribution is 9.10. The van der Waals surface area contributed by atoms with E-state index in [1.165, 1.54) is 5.56 Å². The number of halogens is 1. The first-order valence-corrected chi connectivity index (χ1v) is 8.38. The van der Waals surface area contributed by atoms with E-state index in [-0.39, 0.29) is 11.9 Å². The van der Waals surface area contributed by atoms with Crippen molar-refractivity contribution in [3.8, 4) is 5.75 Å². The Morgan fingerprint density at radius 1 is 1.26 bits per heavy atom. The summed E-state index contributed by atoms with van der Waals surface area (Å²) in [7, 11) is 0. The molecule has 118 valence electrons. The smallest absolute Gasteiger partial charge is 0.244 e. The zero-order chi connectivity index (χ0) is 16.2. The first kappa shape index (κ1) is 15.8. The fraction of sp³-hybridized carbons (Fsp3) is 0.211. The summed E-state index contributed by atoms with van der Waals surface area (Å²) >= 11 is 3.47. The van der Waals surface area contributed by atoms with Crippen LogP contribution in [0.15, 0.2) is 53.0 Å². The lowest BCUT2D eigenvalue weighted by Gasteiger charge is -2.26. The van der Waals surface area contributed by atoms with E-state index in [2.05, 4.69) is 21.2 Å². The highest BCUT2D eigenvalue weighted by Crippen LogP contribution is 2.34. The van der Waals surface area contributed by atoms with Crippen molar-refractivity contribution in [2.75, 3.05) is 6.61 Å². The van der Waals surface area contributed by atoms with Gasteiger partial charge in [0.2, 0.25) is 5.91 Å². The van der Waals surface area contributed by atoms with Crippen molar-refractivity contribution in [3.63, 3.8) is 0 Å². The molecule has 1 N–H and O–H groups in total. The van der Waals surface area contributed by atoms with Crippen molar-refractivity contribution >= 4 is 27.9 Å². The second-order valence-corrected chi connectivity index (χ2v) is 6.54. The largest absolute Gasteiger partial charge is 0.493 e. The molecule has 23 heavy (non-hydrogen) atoms. The summed E-state index contributed by atoms with van der Waals surface area (Å²) in [6, 6.07) is 13.9. The van der Waals surface area contributed by atoms with Crippen LogP contribution in [0.5, 0.6) is 5.75 Å². The van der Waals surface area contributed by atoms with E-state index in [0.29, 0.717) is 6.61 Å². The van der Waals surface area contributed by atoms with Crippen molar-refractivity contribution in [3.05, 3.63) is 69.7 Å². The summed E-state index contributed by atoms with van der Waals surface area (Å²) < 4.78 is 6.62. The SMILES string of the molecule is Cc1ccc(/C=C/C(=O)NC2CCOc3ccc(Br)cc32)cc1. The third-order valence-electron chi connectivity index (χ3n) is 3.83. The molecular weight excluding hydrogens is 354 g/mol. The van der Waals surface area contributed by atoms with Crippen LogP contribution in [0.3, 0.4) is 0 Å². The maximum atomic E-state index is 12.2. The molecule has 3 nitrogen and oxygen atoms in total. The molecule has 4 heteroatoms. The standard InChI is InChI=1S/C19H18BrNO2/c1-13-2-4-14(5-3-13)6-9-19(22)21-17-10-11-23-18-8-7-15(20)12-16(17)18/h2-9,12,17H,10-11H2,1H3,(H,21,22)/b9-6+. The lowest BCUT2D eigenvalue weighted by Crippen LogP contribution is -2.31. The number of carbonyl (C=O) groups excluding carboxylic acids is 1. The second-order valence-electron chi connectivity index (χ2n) is 5.62. The molecule has 1 amide bonds. The van der Waals surface area contributed by atoms with Crippen LogP contribution in [0.2, 0.25) is 0 Å². The van der Waals surface area contributed by atoms with E-state index in [1.54, 1.807) is 6.08 Å². The molecule has 1 aliphatic heterocycles.